The maximum atomic E-state index is 13.0. The number of hydrogen-bond donors (Lipinski definition) is 0. The molecule has 0 N–H and O–H groups in total. The molecule has 0 aromatic heterocycles. The number of anilines is 1. The number of amides is 1. The molecule has 1 aliphatic rings. The highest BCUT2D eigenvalue weighted by atomic mass is 35.5. The number of methoxy groups -OCH3 is 1. The standard InChI is InChI=1S/C28H37ClN2O3/c1-20(2)18-30(19-21(3)4)14-15-34-27-17-25-23(16-26(27)33-5)12-13-31(25)28(32)11-10-22-8-6-7-9-24(22)29/h6-11,16-17,20-21H,12-15,18-19H2,1-5H3/b11-10+. The smallest absolute Gasteiger partial charge is 0.251 e. The van der Waals surface area contributed by atoms with Gasteiger partial charge in [-0.25, -0.2) is 0 Å². The molecule has 3 rings (SSSR count). The van der Waals surface area contributed by atoms with E-state index in [2.05, 4.69) is 32.6 Å². The van der Waals surface area contributed by atoms with Crippen molar-refractivity contribution in [3.05, 3.63) is 58.6 Å². The first-order valence-electron chi connectivity index (χ1n) is 12.1. The Kier molecular flexibility index (Phi) is 9.43. The number of hydrogen-bond acceptors (Lipinski definition) is 4. The number of nitrogens with zero attached hydrogens (tertiary/aromatic N) is 2. The molecule has 0 atom stereocenters. The van der Waals surface area contributed by atoms with Crippen molar-refractivity contribution in [2.45, 2.75) is 34.1 Å². The van der Waals surface area contributed by atoms with Crippen LogP contribution >= 0.6 is 11.6 Å². The van der Waals surface area contributed by atoms with Gasteiger partial charge in [-0.2, -0.15) is 0 Å². The van der Waals surface area contributed by atoms with E-state index < -0.39 is 0 Å². The number of fused-ring (bicyclic) bond motifs is 1. The Morgan fingerprint density at radius 1 is 1.12 bits per heavy atom. The average molecular weight is 485 g/mol. The van der Waals surface area contributed by atoms with Crippen molar-refractivity contribution in [2.24, 2.45) is 11.8 Å². The third-order valence-corrected chi connectivity index (χ3v) is 6.09. The van der Waals surface area contributed by atoms with Crippen LogP contribution in [0.4, 0.5) is 5.69 Å². The fourth-order valence-electron chi connectivity index (χ4n) is 4.33. The summed E-state index contributed by atoms with van der Waals surface area (Å²) >= 11 is 6.22. The van der Waals surface area contributed by atoms with Gasteiger partial charge in [0, 0.05) is 43.3 Å². The number of halogens is 1. The van der Waals surface area contributed by atoms with E-state index in [-0.39, 0.29) is 5.91 Å². The fraction of sp³-hybridized carbons (Fsp3) is 0.464. The molecule has 184 valence electrons. The van der Waals surface area contributed by atoms with Crippen molar-refractivity contribution >= 4 is 29.3 Å². The molecule has 1 amide bonds. The molecule has 5 nitrogen and oxygen atoms in total. The molecule has 0 bridgehead atoms. The summed E-state index contributed by atoms with van der Waals surface area (Å²) < 4.78 is 11.8. The minimum Gasteiger partial charge on any atom is -0.493 e. The maximum absolute atomic E-state index is 13.0. The summed E-state index contributed by atoms with van der Waals surface area (Å²) in [6.07, 6.45) is 4.13. The second-order valence-corrected chi connectivity index (χ2v) is 10.0. The van der Waals surface area contributed by atoms with Crippen molar-refractivity contribution in [1.82, 2.24) is 4.90 Å². The van der Waals surface area contributed by atoms with Crippen LogP contribution in [0.2, 0.25) is 5.02 Å². The molecular weight excluding hydrogens is 448 g/mol. The van der Waals surface area contributed by atoms with Crippen LogP contribution in [0, 0.1) is 11.8 Å². The van der Waals surface area contributed by atoms with Crippen LogP contribution in [0.5, 0.6) is 11.5 Å². The van der Waals surface area contributed by atoms with Gasteiger partial charge in [-0.15, -0.1) is 0 Å². The van der Waals surface area contributed by atoms with E-state index in [1.54, 1.807) is 24.2 Å². The molecule has 0 unspecified atom stereocenters. The van der Waals surface area contributed by atoms with E-state index in [4.69, 9.17) is 21.1 Å². The first-order valence-corrected chi connectivity index (χ1v) is 12.5. The van der Waals surface area contributed by atoms with Crippen molar-refractivity contribution < 1.29 is 14.3 Å². The largest absolute Gasteiger partial charge is 0.493 e. The van der Waals surface area contributed by atoms with Crippen LogP contribution in [0.1, 0.15) is 38.8 Å². The normalized spacial score (nSPS) is 13.4. The molecular formula is C28H37ClN2O3. The minimum atomic E-state index is -0.0742. The third-order valence-electron chi connectivity index (χ3n) is 5.75. The van der Waals surface area contributed by atoms with Gasteiger partial charge in [0.1, 0.15) is 6.61 Å². The summed E-state index contributed by atoms with van der Waals surface area (Å²) in [7, 11) is 1.66. The second-order valence-electron chi connectivity index (χ2n) is 9.62. The van der Waals surface area contributed by atoms with Gasteiger partial charge in [0.2, 0.25) is 0 Å². The number of benzene rings is 2. The molecule has 0 aliphatic carbocycles. The SMILES string of the molecule is COc1cc2c(cc1OCCN(CC(C)C)CC(C)C)N(C(=O)/C=C/c1ccccc1Cl)CC2. The van der Waals surface area contributed by atoms with Gasteiger partial charge in [-0.3, -0.25) is 9.69 Å². The molecule has 0 saturated carbocycles. The zero-order chi connectivity index (χ0) is 24.7. The van der Waals surface area contributed by atoms with Crippen molar-refractivity contribution in [3.8, 4) is 11.5 Å². The highest BCUT2D eigenvalue weighted by Gasteiger charge is 2.26. The monoisotopic (exact) mass is 484 g/mol. The Hall–Kier alpha value is -2.50. The van der Waals surface area contributed by atoms with Crippen molar-refractivity contribution in [2.75, 3.05) is 44.8 Å². The lowest BCUT2D eigenvalue weighted by Gasteiger charge is -2.26. The molecule has 34 heavy (non-hydrogen) atoms. The number of carbonyl (C=O) groups excluding carboxylic acids is 1. The Morgan fingerprint density at radius 3 is 2.47 bits per heavy atom. The van der Waals surface area contributed by atoms with Gasteiger partial charge >= 0.3 is 0 Å². The van der Waals surface area contributed by atoms with Gasteiger partial charge in [0.25, 0.3) is 5.91 Å². The number of ether oxygens (including phenoxy) is 2. The topological polar surface area (TPSA) is 42.0 Å². The van der Waals surface area contributed by atoms with Crippen molar-refractivity contribution in [1.29, 1.82) is 0 Å². The van der Waals surface area contributed by atoms with Crippen molar-refractivity contribution in [3.63, 3.8) is 0 Å². The van der Waals surface area contributed by atoms with Gasteiger partial charge in [-0.05, 0) is 47.6 Å². The predicted octanol–water partition coefficient (Wildman–Crippen LogP) is 5.94. The van der Waals surface area contributed by atoms with Crippen LogP contribution < -0.4 is 14.4 Å². The highest BCUT2D eigenvalue weighted by Crippen LogP contribution is 2.39. The molecule has 1 aliphatic heterocycles. The van der Waals surface area contributed by atoms with E-state index in [9.17, 15) is 4.79 Å². The molecule has 0 spiro atoms. The van der Waals surface area contributed by atoms with Crippen LogP contribution in [-0.2, 0) is 11.2 Å². The average Bonchev–Trinajstić information content (AvgIpc) is 3.19. The molecule has 2 aromatic carbocycles. The summed E-state index contributed by atoms with van der Waals surface area (Å²) in [5, 5.41) is 0.623. The first-order chi connectivity index (χ1) is 16.3. The Balaban J connectivity index is 1.72. The molecule has 0 fully saturated rings. The second kappa shape index (κ2) is 12.3. The quantitative estimate of drug-likeness (QED) is 0.370. The fourth-order valence-corrected chi connectivity index (χ4v) is 4.53. The van der Waals surface area contributed by atoms with E-state index >= 15 is 0 Å². The van der Waals surface area contributed by atoms with Gasteiger partial charge in [-0.1, -0.05) is 57.5 Å². The van der Waals surface area contributed by atoms with Crippen LogP contribution in [0.25, 0.3) is 6.08 Å². The van der Waals surface area contributed by atoms with Crippen LogP contribution in [0.15, 0.2) is 42.5 Å². The summed E-state index contributed by atoms with van der Waals surface area (Å²) in [6, 6.07) is 11.4. The summed E-state index contributed by atoms with van der Waals surface area (Å²) in [6.45, 7) is 13.1. The summed E-state index contributed by atoms with van der Waals surface area (Å²) in [4.78, 5) is 17.2. The van der Waals surface area contributed by atoms with Crippen LogP contribution in [0.3, 0.4) is 0 Å². The molecule has 0 radical (unpaired) electrons. The zero-order valence-electron chi connectivity index (χ0n) is 21.0. The molecule has 2 aromatic rings. The lowest BCUT2D eigenvalue weighted by Crippen LogP contribution is -2.34. The van der Waals surface area contributed by atoms with E-state index in [1.807, 2.05) is 36.4 Å². The Bertz CT molecular complexity index is 993. The van der Waals surface area contributed by atoms with E-state index in [1.165, 1.54) is 0 Å². The van der Waals surface area contributed by atoms with Gasteiger partial charge in [0.05, 0.1) is 12.8 Å². The molecule has 1 heterocycles. The van der Waals surface area contributed by atoms with E-state index in [0.717, 1.165) is 42.9 Å². The first kappa shape index (κ1) is 26.1. The van der Waals surface area contributed by atoms with Gasteiger partial charge < -0.3 is 14.4 Å². The number of rotatable bonds is 11. The number of carbonyl (C=O) groups is 1. The predicted molar refractivity (Wildman–Crippen MR) is 141 cm³/mol. The lowest BCUT2D eigenvalue weighted by molar-refractivity contribution is -0.114. The molecule has 0 saturated heterocycles. The highest BCUT2D eigenvalue weighted by molar-refractivity contribution is 6.32. The summed E-state index contributed by atoms with van der Waals surface area (Å²) in [5.74, 6) is 2.51. The zero-order valence-corrected chi connectivity index (χ0v) is 21.8. The molecule has 6 heteroatoms. The minimum absolute atomic E-state index is 0.0742. The maximum Gasteiger partial charge on any atom is 0.251 e. The lowest BCUT2D eigenvalue weighted by atomic mass is 10.1. The van der Waals surface area contributed by atoms with Crippen LogP contribution in [-0.4, -0.2) is 50.7 Å². The summed E-state index contributed by atoms with van der Waals surface area (Å²) in [5.41, 5.74) is 2.79. The van der Waals surface area contributed by atoms with Gasteiger partial charge in [0.15, 0.2) is 11.5 Å². The third kappa shape index (κ3) is 7.00. The van der Waals surface area contributed by atoms with E-state index in [0.29, 0.717) is 41.5 Å². The Labute approximate surface area is 209 Å². The Morgan fingerprint density at radius 2 is 1.82 bits per heavy atom.